The summed E-state index contributed by atoms with van der Waals surface area (Å²) in [5, 5.41) is 7.72. The summed E-state index contributed by atoms with van der Waals surface area (Å²) in [5.74, 6) is 0.553. The predicted molar refractivity (Wildman–Crippen MR) is 92.7 cm³/mol. The standard InChI is InChI=1S/C18H20N4/c1-20-11-13-3-2-4-16(9-13)21-12-14-5-6-15-7-8-18(19)22-17(15)10-14/h2-10,20-21H,11-12H2,1H3,(H2,19,22). The molecule has 0 aliphatic heterocycles. The van der Waals surface area contributed by atoms with E-state index in [-0.39, 0.29) is 0 Å². The van der Waals surface area contributed by atoms with Crippen LogP contribution in [0.2, 0.25) is 0 Å². The molecule has 0 radical (unpaired) electrons. The second-order valence-corrected chi connectivity index (χ2v) is 5.35. The second kappa shape index (κ2) is 6.45. The Labute approximate surface area is 130 Å². The zero-order valence-corrected chi connectivity index (χ0v) is 12.6. The molecule has 3 rings (SSSR count). The zero-order valence-electron chi connectivity index (χ0n) is 12.6. The smallest absolute Gasteiger partial charge is 0.124 e. The van der Waals surface area contributed by atoms with E-state index in [9.17, 15) is 0 Å². The highest BCUT2D eigenvalue weighted by Crippen LogP contribution is 2.17. The Bertz CT molecular complexity index is 783. The Morgan fingerprint density at radius 2 is 1.77 bits per heavy atom. The minimum atomic E-state index is 0.553. The topological polar surface area (TPSA) is 63.0 Å². The summed E-state index contributed by atoms with van der Waals surface area (Å²) in [6.45, 7) is 1.63. The number of fused-ring (bicyclic) bond motifs is 1. The van der Waals surface area contributed by atoms with E-state index in [2.05, 4.69) is 58.1 Å². The van der Waals surface area contributed by atoms with Gasteiger partial charge in [0.05, 0.1) is 5.52 Å². The van der Waals surface area contributed by atoms with Gasteiger partial charge in [-0.1, -0.05) is 24.3 Å². The summed E-state index contributed by atoms with van der Waals surface area (Å²) in [6.07, 6.45) is 0. The van der Waals surface area contributed by atoms with Crippen LogP contribution in [-0.4, -0.2) is 12.0 Å². The number of benzene rings is 2. The highest BCUT2D eigenvalue weighted by atomic mass is 14.9. The number of pyridine rings is 1. The van der Waals surface area contributed by atoms with Gasteiger partial charge >= 0.3 is 0 Å². The molecule has 4 heteroatoms. The monoisotopic (exact) mass is 292 g/mol. The number of hydrogen-bond acceptors (Lipinski definition) is 4. The van der Waals surface area contributed by atoms with Gasteiger partial charge in [-0.2, -0.15) is 0 Å². The summed E-state index contributed by atoms with van der Waals surface area (Å²) in [7, 11) is 1.95. The van der Waals surface area contributed by atoms with Crippen molar-refractivity contribution in [1.82, 2.24) is 10.3 Å². The molecule has 0 saturated heterocycles. The van der Waals surface area contributed by atoms with Crippen molar-refractivity contribution in [3.63, 3.8) is 0 Å². The Morgan fingerprint density at radius 3 is 2.64 bits per heavy atom. The Morgan fingerprint density at radius 1 is 0.955 bits per heavy atom. The van der Waals surface area contributed by atoms with Gasteiger partial charge in [0.2, 0.25) is 0 Å². The number of nitrogens with one attached hydrogen (secondary N) is 2. The van der Waals surface area contributed by atoms with Gasteiger partial charge in [0.15, 0.2) is 0 Å². The van der Waals surface area contributed by atoms with Gasteiger partial charge in [-0.25, -0.2) is 4.98 Å². The van der Waals surface area contributed by atoms with Gasteiger partial charge in [-0.05, 0) is 48.5 Å². The molecule has 22 heavy (non-hydrogen) atoms. The van der Waals surface area contributed by atoms with E-state index in [4.69, 9.17) is 5.73 Å². The lowest BCUT2D eigenvalue weighted by Gasteiger charge is -2.09. The third-order valence-corrected chi connectivity index (χ3v) is 3.58. The highest BCUT2D eigenvalue weighted by Gasteiger charge is 2.00. The van der Waals surface area contributed by atoms with Crippen molar-refractivity contribution in [2.24, 2.45) is 0 Å². The van der Waals surface area contributed by atoms with Gasteiger partial charge in [-0.15, -0.1) is 0 Å². The van der Waals surface area contributed by atoms with Crippen molar-refractivity contribution in [1.29, 1.82) is 0 Å². The maximum absolute atomic E-state index is 5.75. The molecule has 2 aromatic carbocycles. The average molecular weight is 292 g/mol. The Balaban J connectivity index is 1.74. The van der Waals surface area contributed by atoms with E-state index in [0.29, 0.717) is 5.82 Å². The van der Waals surface area contributed by atoms with Crippen LogP contribution in [0.5, 0.6) is 0 Å². The molecule has 4 nitrogen and oxygen atoms in total. The summed E-state index contributed by atoms with van der Waals surface area (Å²) in [4.78, 5) is 4.37. The number of rotatable bonds is 5. The molecule has 4 N–H and O–H groups in total. The van der Waals surface area contributed by atoms with Crippen molar-refractivity contribution in [2.45, 2.75) is 13.1 Å². The van der Waals surface area contributed by atoms with Gasteiger partial charge in [0.1, 0.15) is 5.82 Å². The van der Waals surface area contributed by atoms with Crippen LogP contribution in [0.25, 0.3) is 10.9 Å². The lowest BCUT2D eigenvalue weighted by Crippen LogP contribution is -2.06. The van der Waals surface area contributed by atoms with Gasteiger partial charge < -0.3 is 16.4 Å². The van der Waals surface area contributed by atoms with E-state index in [1.54, 1.807) is 0 Å². The first kappa shape index (κ1) is 14.4. The van der Waals surface area contributed by atoms with Gasteiger partial charge in [0.25, 0.3) is 0 Å². The van der Waals surface area contributed by atoms with Crippen LogP contribution in [-0.2, 0) is 13.1 Å². The number of aromatic nitrogens is 1. The molecule has 0 aliphatic rings. The van der Waals surface area contributed by atoms with E-state index < -0.39 is 0 Å². The summed E-state index contributed by atoms with van der Waals surface area (Å²) in [5.41, 5.74) is 10.3. The van der Waals surface area contributed by atoms with Crippen molar-refractivity contribution in [3.05, 3.63) is 65.7 Å². The Hall–Kier alpha value is -2.59. The number of anilines is 2. The van der Waals surface area contributed by atoms with Crippen molar-refractivity contribution >= 4 is 22.4 Å². The third kappa shape index (κ3) is 3.35. The quantitative estimate of drug-likeness (QED) is 0.676. The molecular weight excluding hydrogens is 272 g/mol. The molecule has 3 aromatic rings. The van der Waals surface area contributed by atoms with E-state index in [0.717, 1.165) is 29.7 Å². The lowest BCUT2D eigenvalue weighted by atomic mass is 10.1. The number of nitrogens with two attached hydrogens (primary N) is 1. The highest BCUT2D eigenvalue weighted by molar-refractivity contribution is 5.80. The van der Waals surface area contributed by atoms with Crippen molar-refractivity contribution in [3.8, 4) is 0 Å². The fraction of sp³-hybridized carbons (Fsp3) is 0.167. The van der Waals surface area contributed by atoms with Crippen molar-refractivity contribution in [2.75, 3.05) is 18.1 Å². The summed E-state index contributed by atoms with van der Waals surface area (Å²) < 4.78 is 0. The van der Waals surface area contributed by atoms with Crippen molar-refractivity contribution < 1.29 is 0 Å². The lowest BCUT2D eigenvalue weighted by molar-refractivity contribution is 0.818. The second-order valence-electron chi connectivity index (χ2n) is 5.35. The molecule has 0 unspecified atom stereocenters. The molecular formula is C18H20N4. The van der Waals surface area contributed by atoms with Crippen LogP contribution in [0.15, 0.2) is 54.6 Å². The molecule has 0 aliphatic carbocycles. The van der Waals surface area contributed by atoms with Gasteiger partial charge in [-0.3, -0.25) is 0 Å². The molecule has 112 valence electrons. The Kier molecular flexibility index (Phi) is 4.21. The first-order valence-electron chi connectivity index (χ1n) is 7.37. The zero-order chi connectivity index (χ0) is 15.4. The fourth-order valence-corrected chi connectivity index (χ4v) is 2.49. The average Bonchev–Trinajstić information content (AvgIpc) is 2.53. The van der Waals surface area contributed by atoms with E-state index in [1.165, 1.54) is 11.1 Å². The summed E-state index contributed by atoms with van der Waals surface area (Å²) >= 11 is 0. The molecule has 1 heterocycles. The first-order chi connectivity index (χ1) is 10.7. The fourth-order valence-electron chi connectivity index (χ4n) is 2.49. The van der Waals surface area contributed by atoms with E-state index in [1.807, 2.05) is 19.2 Å². The number of nitrogens with zero attached hydrogens (tertiary/aromatic N) is 1. The molecule has 0 fully saturated rings. The number of nitrogen functional groups attached to an aromatic ring is 1. The molecule has 0 bridgehead atoms. The van der Waals surface area contributed by atoms with Crippen LogP contribution in [0, 0.1) is 0 Å². The minimum absolute atomic E-state index is 0.553. The van der Waals surface area contributed by atoms with Crippen LogP contribution < -0.4 is 16.4 Å². The normalized spacial score (nSPS) is 10.8. The van der Waals surface area contributed by atoms with E-state index >= 15 is 0 Å². The first-order valence-corrected chi connectivity index (χ1v) is 7.37. The maximum Gasteiger partial charge on any atom is 0.124 e. The van der Waals surface area contributed by atoms with Crippen LogP contribution in [0.3, 0.4) is 0 Å². The molecule has 0 spiro atoms. The van der Waals surface area contributed by atoms with Crippen LogP contribution >= 0.6 is 0 Å². The SMILES string of the molecule is CNCc1cccc(NCc2ccc3ccc(N)nc3c2)c1. The summed E-state index contributed by atoms with van der Waals surface area (Å²) in [6, 6.07) is 18.5. The number of hydrogen-bond donors (Lipinski definition) is 3. The van der Waals surface area contributed by atoms with Crippen LogP contribution in [0.1, 0.15) is 11.1 Å². The molecule has 0 atom stereocenters. The minimum Gasteiger partial charge on any atom is -0.384 e. The molecule has 0 saturated carbocycles. The maximum atomic E-state index is 5.75. The molecule has 1 aromatic heterocycles. The molecule has 0 amide bonds. The van der Waals surface area contributed by atoms with Crippen LogP contribution in [0.4, 0.5) is 11.5 Å². The third-order valence-electron chi connectivity index (χ3n) is 3.58. The van der Waals surface area contributed by atoms with Gasteiger partial charge in [0, 0.05) is 24.2 Å². The largest absolute Gasteiger partial charge is 0.384 e. The predicted octanol–water partition coefficient (Wildman–Crippen LogP) is 3.15.